The number of hydrogen-bond acceptors (Lipinski definition) is 3. The van der Waals surface area contributed by atoms with E-state index in [2.05, 4.69) is 23.4 Å². The predicted octanol–water partition coefficient (Wildman–Crippen LogP) is 1.14. The summed E-state index contributed by atoms with van der Waals surface area (Å²) in [7, 11) is 4.26. The molecule has 1 saturated heterocycles. The summed E-state index contributed by atoms with van der Waals surface area (Å²) in [6, 6.07) is 5.50. The zero-order valence-electron chi connectivity index (χ0n) is 12.8. The van der Waals surface area contributed by atoms with E-state index in [0.717, 1.165) is 31.7 Å². The molecule has 1 fully saturated rings. The second-order valence-electron chi connectivity index (χ2n) is 5.01. The van der Waals surface area contributed by atoms with Gasteiger partial charge in [0.15, 0.2) is 0 Å². The van der Waals surface area contributed by atoms with Crippen LogP contribution in [-0.2, 0) is 0 Å². The molecule has 0 aromatic heterocycles. The van der Waals surface area contributed by atoms with E-state index in [1.807, 2.05) is 23.6 Å². The van der Waals surface area contributed by atoms with Crippen molar-refractivity contribution in [3.05, 3.63) is 29.3 Å². The van der Waals surface area contributed by atoms with Crippen LogP contribution in [0.4, 0.5) is 0 Å². The van der Waals surface area contributed by atoms with Crippen molar-refractivity contribution in [2.75, 3.05) is 40.3 Å². The van der Waals surface area contributed by atoms with E-state index in [4.69, 9.17) is 4.74 Å². The molecule has 0 aliphatic carbocycles. The van der Waals surface area contributed by atoms with Crippen LogP contribution >= 0.6 is 0 Å². The summed E-state index contributed by atoms with van der Waals surface area (Å²) < 4.78 is 5.36. The summed E-state index contributed by atoms with van der Waals surface area (Å²) in [6.45, 7) is 5.42. The van der Waals surface area contributed by atoms with E-state index >= 15 is 0 Å². The average Bonchev–Trinajstić information content (AvgIpc) is 2.52. The van der Waals surface area contributed by atoms with E-state index < -0.39 is 0 Å². The molecule has 110 valence electrons. The summed E-state index contributed by atoms with van der Waals surface area (Å²) in [5.74, 6) is 3.81. The first-order valence-corrected chi connectivity index (χ1v) is 8.49. The Morgan fingerprint density at radius 1 is 1.29 bits per heavy atom. The lowest BCUT2D eigenvalue weighted by molar-refractivity contribution is 0.0664. The summed E-state index contributed by atoms with van der Waals surface area (Å²) in [5, 5.41) is 0. The zero-order valence-corrected chi connectivity index (χ0v) is 13.8. The molecule has 1 aromatic carbocycles. The number of methoxy groups -OCH3 is 1. The van der Waals surface area contributed by atoms with Gasteiger partial charge in [-0.15, -0.1) is 5.54 Å². The molecule has 2 radical (unpaired) electrons. The van der Waals surface area contributed by atoms with E-state index in [9.17, 15) is 4.79 Å². The maximum atomic E-state index is 12.5. The largest absolute Gasteiger partial charge is 0.495 e. The molecule has 1 aromatic rings. The minimum absolute atomic E-state index is 0.0678. The van der Waals surface area contributed by atoms with Gasteiger partial charge in [0, 0.05) is 31.7 Å². The highest BCUT2D eigenvalue weighted by Crippen LogP contribution is 2.20. The maximum absolute atomic E-state index is 12.5. The second kappa shape index (κ2) is 7.30. The van der Waals surface area contributed by atoms with Crippen molar-refractivity contribution < 1.29 is 9.53 Å². The third-order valence-electron chi connectivity index (χ3n) is 3.56. The Morgan fingerprint density at radius 3 is 2.62 bits per heavy atom. The van der Waals surface area contributed by atoms with Gasteiger partial charge < -0.3 is 14.5 Å². The van der Waals surface area contributed by atoms with E-state index in [0.29, 0.717) is 20.8 Å². The maximum Gasteiger partial charge on any atom is 0.254 e. The number of likely N-dealkylation sites (N-methyl/N-ethyl adjacent to an activating group) is 1. The Hall–Kier alpha value is -1.77. The van der Waals surface area contributed by atoms with Gasteiger partial charge in [-0.3, -0.25) is 4.79 Å². The second-order valence-corrected chi connectivity index (χ2v) is 5.76. The number of hydrogen-bond donors (Lipinski definition) is 0. The van der Waals surface area contributed by atoms with Gasteiger partial charge >= 0.3 is 0 Å². The lowest BCUT2D eigenvalue weighted by atomic mass is 10.1. The Kier molecular flexibility index (Phi) is 5.42. The number of rotatable bonds is 2. The Balaban J connectivity index is 2.18. The molecule has 1 amide bonds. The molecule has 0 atom stereocenters. The third kappa shape index (κ3) is 3.87. The molecule has 1 aliphatic heterocycles. The normalized spacial score (nSPS) is 15.3. The number of carbonyl (C=O) groups excluding carboxylic acids is 1. The monoisotopic (exact) mass is 300 g/mol. The highest BCUT2D eigenvalue weighted by Gasteiger charge is 2.21. The number of amides is 1. The molecule has 21 heavy (non-hydrogen) atoms. The molecule has 1 aliphatic rings. The Morgan fingerprint density at radius 2 is 2.00 bits per heavy atom. The summed E-state index contributed by atoms with van der Waals surface area (Å²) in [5.41, 5.74) is 4.56. The first kappa shape index (κ1) is 15.6. The molecule has 5 heteroatoms. The topological polar surface area (TPSA) is 32.8 Å². The molecule has 1 heterocycles. The van der Waals surface area contributed by atoms with Gasteiger partial charge in [0.1, 0.15) is 15.3 Å². The molecular formula is C16H20N2O2Si. The lowest BCUT2D eigenvalue weighted by Crippen LogP contribution is -2.47. The fourth-order valence-corrected chi connectivity index (χ4v) is 2.51. The van der Waals surface area contributed by atoms with Gasteiger partial charge in [-0.25, -0.2) is 0 Å². The molecular weight excluding hydrogens is 280 g/mol. The van der Waals surface area contributed by atoms with Crippen molar-refractivity contribution in [3.63, 3.8) is 0 Å². The minimum Gasteiger partial charge on any atom is -0.495 e. The van der Waals surface area contributed by atoms with Gasteiger partial charge in [0.05, 0.1) is 12.7 Å². The van der Waals surface area contributed by atoms with Crippen LogP contribution in [0.2, 0.25) is 6.55 Å². The quantitative estimate of drug-likeness (QED) is 0.607. The number of carbonyl (C=O) groups is 1. The minimum atomic E-state index is 0.0678. The molecule has 2 rings (SSSR count). The number of nitrogens with zero attached hydrogens (tertiary/aromatic N) is 2. The molecule has 0 N–H and O–H groups in total. The number of benzene rings is 1. The fraction of sp³-hybridized carbons (Fsp3) is 0.438. The number of ether oxygens (including phenoxy) is 1. The van der Waals surface area contributed by atoms with Crippen LogP contribution in [-0.4, -0.2) is 65.6 Å². The van der Waals surface area contributed by atoms with Gasteiger partial charge in [0.2, 0.25) is 0 Å². The van der Waals surface area contributed by atoms with Gasteiger partial charge in [-0.05, 0) is 25.2 Å². The van der Waals surface area contributed by atoms with E-state index in [-0.39, 0.29) is 5.91 Å². The molecule has 0 saturated carbocycles. The highest BCUT2D eigenvalue weighted by atomic mass is 28.2. The van der Waals surface area contributed by atoms with Crippen molar-refractivity contribution in [1.29, 1.82) is 0 Å². The van der Waals surface area contributed by atoms with Crippen molar-refractivity contribution in [2.45, 2.75) is 6.55 Å². The van der Waals surface area contributed by atoms with Crippen LogP contribution in [0.5, 0.6) is 5.75 Å². The molecule has 4 nitrogen and oxygen atoms in total. The number of piperazine rings is 1. The Labute approximate surface area is 128 Å². The third-order valence-corrected chi connectivity index (χ3v) is 3.94. The average molecular weight is 300 g/mol. The van der Waals surface area contributed by atoms with Gasteiger partial charge in [0.25, 0.3) is 5.91 Å². The van der Waals surface area contributed by atoms with E-state index in [1.54, 1.807) is 13.2 Å². The van der Waals surface area contributed by atoms with Crippen LogP contribution in [0.25, 0.3) is 0 Å². The van der Waals surface area contributed by atoms with Gasteiger partial charge in [-0.2, -0.15) is 0 Å². The summed E-state index contributed by atoms with van der Waals surface area (Å²) in [4.78, 5) is 16.6. The standard InChI is InChI=1S/C16H20N2O2Si/c1-17-7-9-18(10-8-17)16(19)14-5-4-13(6-11-21-3)15(12-14)20-2/h4-5,12H,7-10H2,1-3H3. The van der Waals surface area contributed by atoms with Crippen molar-refractivity contribution in [2.24, 2.45) is 0 Å². The predicted molar refractivity (Wildman–Crippen MR) is 84.9 cm³/mol. The van der Waals surface area contributed by atoms with Crippen molar-refractivity contribution >= 4 is 15.4 Å². The fourth-order valence-electron chi connectivity index (χ4n) is 2.25. The smallest absolute Gasteiger partial charge is 0.254 e. The highest BCUT2D eigenvalue weighted by molar-refractivity contribution is 6.44. The lowest BCUT2D eigenvalue weighted by Gasteiger charge is -2.32. The first-order valence-electron chi connectivity index (χ1n) is 6.99. The summed E-state index contributed by atoms with van der Waals surface area (Å²) >= 11 is 0. The SMILES string of the molecule is COc1cc(C(=O)N2CCN(C)CC2)ccc1C#C[Si]C. The van der Waals surface area contributed by atoms with Crippen LogP contribution in [0.1, 0.15) is 15.9 Å². The van der Waals surface area contributed by atoms with Crippen LogP contribution in [0.3, 0.4) is 0 Å². The van der Waals surface area contributed by atoms with Crippen LogP contribution in [0.15, 0.2) is 18.2 Å². The van der Waals surface area contributed by atoms with Crippen LogP contribution in [0, 0.1) is 11.5 Å². The van der Waals surface area contributed by atoms with Crippen LogP contribution < -0.4 is 4.74 Å². The van der Waals surface area contributed by atoms with Gasteiger partial charge in [-0.1, -0.05) is 12.5 Å². The zero-order chi connectivity index (χ0) is 15.2. The summed E-state index contributed by atoms with van der Waals surface area (Å²) in [6.07, 6.45) is 0. The Bertz CT molecular complexity index is 569. The molecule has 0 unspecified atom stereocenters. The van der Waals surface area contributed by atoms with Crippen molar-refractivity contribution in [1.82, 2.24) is 9.80 Å². The first-order chi connectivity index (χ1) is 10.2. The van der Waals surface area contributed by atoms with Crippen molar-refractivity contribution in [3.8, 4) is 17.2 Å². The molecule has 0 spiro atoms. The molecule has 0 bridgehead atoms. The van der Waals surface area contributed by atoms with E-state index in [1.165, 1.54) is 0 Å².